The van der Waals surface area contributed by atoms with Crippen LogP contribution in [0.1, 0.15) is 51.1 Å². The molecule has 2 atom stereocenters. The highest BCUT2D eigenvalue weighted by molar-refractivity contribution is 5.51. The SMILES string of the molecule is CC(C)c1cc(N2CCN([C@H]3CCCC[C@@H]3O)CC2)n2nccc2n1. The largest absolute Gasteiger partial charge is 0.391 e. The molecule has 0 amide bonds. The predicted octanol–water partition coefficient (Wildman–Crippen LogP) is 2.28. The number of aromatic nitrogens is 3. The van der Waals surface area contributed by atoms with Crippen LogP contribution >= 0.6 is 0 Å². The van der Waals surface area contributed by atoms with Gasteiger partial charge in [0.05, 0.1) is 12.3 Å². The van der Waals surface area contributed by atoms with E-state index in [9.17, 15) is 5.11 Å². The lowest BCUT2D eigenvalue weighted by atomic mass is 9.91. The van der Waals surface area contributed by atoms with Crippen molar-refractivity contribution in [1.82, 2.24) is 19.5 Å². The molecule has 0 spiro atoms. The van der Waals surface area contributed by atoms with Gasteiger partial charge in [0.15, 0.2) is 5.65 Å². The summed E-state index contributed by atoms with van der Waals surface area (Å²) in [4.78, 5) is 9.63. The van der Waals surface area contributed by atoms with Crippen molar-refractivity contribution in [3.05, 3.63) is 24.0 Å². The van der Waals surface area contributed by atoms with E-state index < -0.39 is 0 Å². The maximum Gasteiger partial charge on any atom is 0.157 e. The molecule has 25 heavy (non-hydrogen) atoms. The quantitative estimate of drug-likeness (QED) is 0.926. The predicted molar refractivity (Wildman–Crippen MR) is 99.1 cm³/mol. The summed E-state index contributed by atoms with van der Waals surface area (Å²) in [5.74, 6) is 1.54. The molecule has 6 nitrogen and oxygen atoms in total. The number of hydrogen-bond donors (Lipinski definition) is 1. The molecule has 1 N–H and O–H groups in total. The van der Waals surface area contributed by atoms with E-state index in [1.165, 1.54) is 12.8 Å². The van der Waals surface area contributed by atoms with Gasteiger partial charge >= 0.3 is 0 Å². The van der Waals surface area contributed by atoms with E-state index in [-0.39, 0.29) is 6.10 Å². The fourth-order valence-corrected chi connectivity index (χ4v) is 4.24. The van der Waals surface area contributed by atoms with E-state index in [4.69, 9.17) is 4.98 Å². The molecule has 2 fully saturated rings. The smallest absolute Gasteiger partial charge is 0.157 e. The summed E-state index contributed by atoms with van der Waals surface area (Å²) in [6.45, 7) is 8.32. The molecular formula is C19H29N5O. The van der Waals surface area contributed by atoms with Crippen molar-refractivity contribution in [3.63, 3.8) is 0 Å². The van der Waals surface area contributed by atoms with Crippen molar-refractivity contribution < 1.29 is 5.11 Å². The molecule has 1 aliphatic heterocycles. The molecule has 1 aliphatic carbocycles. The Morgan fingerprint density at radius 2 is 1.88 bits per heavy atom. The van der Waals surface area contributed by atoms with E-state index >= 15 is 0 Å². The summed E-state index contributed by atoms with van der Waals surface area (Å²) >= 11 is 0. The first-order valence-corrected chi connectivity index (χ1v) is 9.65. The summed E-state index contributed by atoms with van der Waals surface area (Å²) in [6, 6.07) is 4.52. The molecule has 1 saturated heterocycles. The summed E-state index contributed by atoms with van der Waals surface area (Å²) in [5.41, 5.74) is 2.04. The minimum Gasteiger partial charge on any atom is -0.391 e. The topological polar surface area (TPSA) is 56.9 Å². The third-order valence-electron chi connectivity index (χ3n) is 5.75. The number of piperazine rings is 1. The van der Waals surface area contributed by atoms with E-state index in [2.05, 4.69) is 34.8 Å². The Labute approximate surface area is 149 Å². The van der Waals surface area contributed by atoms with Crippen molar-refractivity contribution >= 4 is 11.5 Å². The van der Waals surface area contributed by atoms with Crippen LogP contribution in [-0.2, 0) is 0 Å². The number of rotatable bonds is 3. The zero-order valence-corrected chi connectivity index (χ0v) is 15.3. The van der Waals surface area contributed by atoms with Crippen LogP contribution in [0.15, 0.2) is 18.3 Å². The molecule has 2 aliphatic rings. The highest BCUT2D eigenvalue weighted by Gasteiger charge is 2.31. The normalized spacial score (nSPS) is 25.8. The third kappa shape index (κ3) is 3.25. The first-order chi connectivity index (χ1) is 12.1. The minimum absolute atomic E-state index is 0.147. The lowest BCUT2D eigenvalue weighted by Gasteiger charge is -2.43. The van der Waals surface area contributed by atoms with Crippen LogP contribution in [0.2, 0.25) is 0 Å². The molecule has 2 aromatic heterocycles. The van der Waals surface area contributed by atoms with Gasteiger partial charge in [0.2, 0.25) is 0 Å². The van der Waals surface area contributed by atoms with Crippen LogP contribution in [0.4, 0.5) is 5.82 Å². The number of fused-ring (bicyclic) bond motifs is 1. The minimum atomic E-state index is -0.147. The summed E-state index contributed by atoms with van der Waals surface area (Å²) < 4.78 is 1.96. The third-order valence-corrected chi connectivity index (χ3v) is 5.75. The molecule has 4 rings (SSSR count). The molecule has 0 bridgehead atoms. The van der Waals surface area contributed by atoms with Crippen LogP contribution in [-0.4, -0.2) is 62.9 Å². The summed E-state index contributed by atoms with van der Waals surface area (Å²) in [5, 5.41) is 14.8. The maximum absolute atomic E-state index is 10.3. The van der Waals surface area contributed by atoms with Gasteiger partial charge in [-0.15, -0.1) is 0 Å². The Bertz CT molecular complexity index is 720. The van der Waals surface area contributed by atoms with Gasteiger partial charge in [-0.2, -0.15) is 9.61 Å². The first kappa shape index (κ1) is 16.8. The van der Waals surface area contributed by atoms with Crippen molar-refractivity contribution in [2.24, 2.45) is 0 Å². The standard InChI is InChI=1S/C19H29N5O/c1-14(2)15-13-19(24-18(21-15)7-8-20-24)23-11-9-22(10-12-23)16-5-3-4-6-17(16)25/h7-8,13-14,16-17,25H,3-6,9-12H2,1-2H3/t16-,17-/m0/s1. The molecule has 0 radical (unpaired) electrons. The lowest BCUT2D eigenvalue weighted by molar-refractivity contribution is 0.0172. The van der Waals surface area contributed by atoms with Gasteiger partial charge in [0.25, 0.3) is 0 Å². The Balaban J connectivity index is 1.52. The average Bonchev–Trinajstić information content (AvgIpc) is 3.10. The molecule has 6 heteroatoms. The Kier molecular flexibility index (Phi) is 4.65. The van der Waals surface area contributed by atoms with Crippen molar-refractivity contribution in [2.75, 3.05) is 31.1 Å². The van der Waals surface area contributed by atoms with Crippen molar-refractivity contribution in [3.8, 4) is 0 Å². The highest BCUT2D eigenvalue weighted by atomic mass is 16.3. The lowest BCUT2D eigenvalue weighted by Crippen LogP contribution is -2.54. The zero-order chi connectivity index (χ0) is 17.4. The van der Waals surface area contributed by atoms with Crippen LogP contribution < -0.4 is 4.90 Å². The molecular weight excluding hydrogens is 314 g/mol. The fourth-order valence-electron chi connectivity index (χ4n) is 4.24. The maximum atomic E-state index is 10.3. The van der Waals surface area contributed by atoms with Crippen LogP contribution in [0, 0.1) is 0 Å². The molecule has 0 unspecified atom stereocenters. The second kappa shape index (κ2) is 6.92. The van der Waals surface area contributed by atoms with Gasteiger partial charge in [-0.05, 0) is 18.8 Å². The number of hydrogen-bond acceptors (Lipinski definition) is 5. The van der Waals surface area contributed by atoms with Crippen LogP contribution in [0.5, 0.6) is 0 Å². The Morgan fingerprint density at radius 3 is 2.60 bits per heavy atom. The van der Waals surface area contributed by atoms with E-state index in [1.807, 2.05) is 16.8 Å². The Hall–Kier alpha value is -1.66. The highest BCUT2D eigenvalue weighted by Crippen LogP contribution is 2.26. The van der Waals surface area contributed by atoms with Gasteiger partial charge in [0, 0.05) is 50.0 Å². The number of aliphatic hydroxyl groups excluding tert-OH is 1. The first-order valence-electron chi connectivity index (χ1n) is 9.65. The average molecular weight is 343 g/mol. The van der Waals surface area contributed by atoms with Gasteiger partial charge in [0.1, 0.15) is 5.82 Å². The molecule has 1 saturated carbocycles. The molecule has 136 valence electrons. The monoisotopic (exact) mass is 343 g/mol. The van der Waals surface area contributed by atoms with Crippen molar-refractivity contribution in [2.45, 2.75) is 57.6 Å². The van der Waals surface area contributed by atoms with Gasteiger partial charge in [-0.3, -0.25) is 4.90 Å². The zero-order valence-electron chi connectivity index (χ0n) is 15.3. The van der Waals surface area contributed by atoms with E-state index in [1.54, 1.807) is 0 Å². The molecule has 3 heterocycles. The van der Waals surface area contributed by atoms with Crippen LogP contribution in [0.3, 0.4) is 0 Å². The summed E-state index contributed by atoms with van der Waals surface area (Å²) in [6.07, 6.45) is 6.19. The number of anilines is 1. The van der Waals surface area contributed by atoms with E-state index in [0.717, 1.165) is 56.2 Å². The van der Waals surface area contributed by atoms with Crippen molar-refractivity contribution in [1.29, 1.82) is 0 Å². The second-order valence-corrected chi connectivity index (χ2v) is 7.74. The number of nitrogens with zero attached hydrogens (tertiary/aromatic N) is 5. The fraction of sp³-hybridized carbons (Fsp3) is 0.684. The van der Waals surface area contributed by atoms with Crippen LogP contribution in [0.25, 0.3) is 5.65 Å². The van der Waals surface area contributed by atoms with E-state index in [0.29, 0.717) is 12.0 Å². The summed E-state index contributed by atoms with van der Waals surface area (Å²) in [7, 11) is 0. The molecule has 2 aromatic rings. The Morgan fingerprint density at radius 1 is 1.12 bits per heavy atom. The van der Waals surface area contributed by atoms with Gasteiger partial charge < -0.3 is 10.0 Å². The molecule has 0 aromatic carbocycles. The number of aliphatic hydroxyl groups is 1. The second-order valence-electron chi connectivity index (χ2n) is 7.74. The van der Waals surface area contributed by atoms with Gasteiger partial charge in [-0.25, -0.2) is 4.98 Å². The van der Waals surface area contributed by atoms with Gasteiger partial charge in [-0.1, -0.05) is 26.7 Å².